The Hall–Kier alpha value is -0.660. The van der Waals surface area contributed by atoms with Crippen LogP contribution in [-0.2, 0) is 14.6 Å². The van der Waals surface area contributed by atoms with Crippen LogP contribution in [0, 0.1) is 5.41 Å². The standard InChI is InChI=1S/C15H29N3O3S/c1-4-18(12-6-8-22(20,21)10-12)14(19)9-17-7-5-13(16)15(2,3)11-17/h12-13H,4-11,16H2,1-3H3. The molecule has 0 aliphatic carbocycles. The third-order valence-corrected chi connectivity index (χ3v) is 6.81. The number of piperidine rings is 1. The lowest BCUT2D eigenvalue weighted by Crippen LogP contribution is -2.55. The van der Waals surface area contributed by atoms with Gasteiger partial charge in [-0.3, -0.25) is 9.69 Å². The zero-order valence-electron chi connectivity index (χ0n) is 13.9. The van der Waals surface area contributed by atoms with Gasteiger partial charge in [0.05, 0.1) is 18.1 Å². The molecule has 1 amide bonds. The van der Waals surface area contributed by atoms with E-state index in [2.05, 4.69) is 18.7 Å². The molecule has 2 unspecified atom stereocenters. The first kappa shape index (κ1) is 17.7. The van der Waals surface area contributed by atoms with Gasteiger partial charge < -0.3 is 10.6 Å². The third-order valence-electron chi connectivity index (χ3n) is 5.06. The highest BCUT2D eigenvalue weighted by Crippen LogP contribution is 2.27. The van der Waals surface area contributed by atoms with E-state index >= 15 is 0 Å². The molecule has 0 saturated carbocycles. The van der Waals surface area contributed by atoms with Crippen LogP contribution >= 0.6 is 0 Å². The van der Waals surface area contributed by atoms with Gasteiger partial charge in [0.25, 0.3) is 0 Å². The van der Waals surface area contributed by atoms with E-state index in [4.69, 9.17) is 5.73 Å². The lowest BCUT2D eigenvalue weighted by molar-refractivity contribution is -0.134. The monoisotopic (exact) mass is 331 g/mol. The van der Waals surface area contributed by atoms with E-state index in [1.807, 2.05) is 6.92 Å². The maximum absolute atomic E-state index is 12.6. The molecule has 0 aromatic heterocycles. The Morgan fingerprint density at radius 1 is 1.36 bits per heavy atom. The van der Waals surface area contributed by atoms with Crippen LogP contribution in [0.25, 0.3) is 0 Å². The van der Waals surface area contributed by atoms with Gasteiger partial charge in [-0.15, -0.1) is 0 Å². The number of hydrogen-bond acceptors (Lipinski definition) is 5. The summed E-state index contributed by atoms with van der Waals surface area (Å²) < 4.78 is 23.3. The predicted molar refractivity (Wildman–Crippen MR) is 87.3 cm³/mol. The van der Waals surface area contributed by atoms with Crippen molar-refractivity contribution in [3.05, 3.63) is 0 Å². The van der Waals surface area contributed by atoms with Gasteiger partial charge in [-0.1, -0.05) is 13.8 Å². The zero-order valence-corrected chi connectivity index (χ0v) is 14.7. The largest absolute Gasteiger partial charge is 0.338 e. The third kappa shape index (κ3) is 4.00. The van der Waals surface area contributed by atoms with Crippen LogP contribution < -0.4 is 5.73 Å². The highest BCUT2D eigenvalue weighted by molar-refractivity contribution is 7.91. The molecule has 2 saturated heterocycles. The highest BCUT2D eigenvalue weighted by atomic mass is 32.2. The number of likely N-dealkylation sites (tertiary alicyclic amines) is 1. The lowest BCUT2D eigenvalue weighted by Gasteiger charge is -2.43. The molecule has 2 N–H and O–H groups in total. The second kappa shape index (κ2) is 6.45. The van der Waals surface area contributed by atoms with Crippen LogP contribution in [0.3, 0.4) is 0 Å². The van der Waals surface area contributed by atoms with Gasteiger partial charge >= 0.3 is 0 Å². The van der Waals surface area contributed by atoms with Crippen molar-refractivity contribution in [2.75, 3.05) is 37.7 Å². The van der Waals surface area contributed by atoms with Crippen molar-refractivity contribution in [2.24, 2.45) is 11.1 Å². The molecular formula is C15H29N3O3S. The lowest BCUT2D eigenvalue weighted by atomic mass is 9.80. The van der Waals surface area contributed by atoms with E-state index in [0.29, 0.717) is 19.5 Å². The molecule has 2 atom stereocenters. The molecule has 0 spiro atoms. The Morgan fingerprint density at radius 2 is 2.05 bits per heavy atom. The van der Waals surface area contributed by atoms with Crippen molar-refractivity contribution >= 4 is 15.7 Å². The predicted octanol–water partition coefficient (Wildman–Crippen LogP) is 0.0812. The fourth-order valence-electron chi connectivity index (χ4n) is 3.56. The van der Waals surface area contributed by atoms with Gasteiger partial charge in [-0.25, -0.2) is 8.42 Å². The van der Waals surface area contributed by atoms with E-state index < -0.39 is 9.84 Å². The Morgan fingerprint density at radius 3 is 2.55 bits per heavy atom. The van der Waals surface area contributed by atoms with Crippen LogP contribution in [0.4, 0.5) is 0 Å². The number of nitrogens with zero attached hydrogens (tertiary/aromatic N) is 2. The minimum absolute atomic E-state index is 0.00622. The second-order valence-corrected chi connectivity index (χ2v) is 9.56. The van der Waals surface area contributed by atoms with Crippen molar-refractivity contribution in [3.63, 3.8) is 0 Å². The number of sulfone groups is 1. The number of rotatable bonds is 4. The zero-order chi connectivity index (χ0) is 16.5. The molecule has 0 aromatic rings. The number of hydrogen-bond donors (Lipinski definition) is 1. The van der Waals surface area contributed by atoms with E-state index in [1.165, 1.54) is 0 Å². The SMILES string of the molecule is CCN(C(=O)CN1CCC(N)C(C)(C)C1)C1CCS(=O)(=O)C1. The quantitative estimate of drug-likeness (QED) is 0.789. The first-order valence-corrected chi connectivity index (χ1v) is 9.94. The Labute approximate surface area is 133 Å². The van der Waals surface area contributed by atoms with Crippen LogP contribution in [0.2, 0.25) is 0 Å². The molecule has 0 aromatic carbocycles. The van der Waals surface area contributed by atoms with Gasteiger partial charge in [0, 0.05) is 31.7 Å². The maximum atomic E-state index is 12.6. The number of likely N-dealkylation sites (N-methyl/N-ethyl adjacent to an activating group) is 1. The van der Waals surface area contributed by atoms with Crippen molar-refractivity contribution in [1.29, 1.82) is 0 Å². The second-order valence-electron chi connectivity index (χ2n) is 7.33. The minimum Gasteiger partial charge on any atom is -0.338 e. The minimum atomic E-state index is -2.97. The van der Waals surface area contributed by atoms with Crippen molar-refractivity contribution in [2.45, 2.75) is 45.7 Å². The molecule has 0 radical (unpaired) electrons. The Kier molecular flexibility index (Phi) is 5.19. The molecule has 2 fully saturated rings. The fourth-order valence-corrected chi connectivity index (χ4v) is 5.29. The fraction of sp³-hybridized carbons (Fsp3) is 0.933. The van der Waals surface area contributed by atoms with Gasteiger partial charge in [-0.05, 0) is 25.2 Å². The van der Waals surface area contributed by atoms with Crippen molar-refractivity contribution in [1.82, 2.24) is 9.80 Å². The molecule has 0 bridgehead atoms. The number of carbonyl (C=O) groups excluding carboxylic acids is 1. The summed E-state index contributed by atoms with van der Waals surface area (Å²) in [6.07, 6.45) is 1.46. The average molecular weight is 331 g/mol. The Bertz CT molecular complexity index is 518. The van der Waals surface area contributed by atoms with Crippen molar-refractivity contribution in [3.8, 4) is 0 Å². The number of carbonyl (C=O) groups is 1. The summed E-state index contributed by atoms with van der Waals surface area (Å²) >= 11 is 0. The van der Waals surface area contributed by atoms with E-state index in [-0.39, 0.29) is 34.9 Å². The molecule has 128 valence electrons. The summed E-state index contributed by atoms with van der Waals surface area (Å²) in [5.41, 5.74) is 6.14. The topological polar surface area (TPSA) is 83.7 Å². The van der Waals surface area contributed by atoms with Crippen LogP contribution in [0.1, 0.15) is 33.6 Å². The molecular weight excluding hydrogens is 302 g/mol. The normalized spacial score (nSPS) is 31.1. The summed E-state index contributed by atoms with van der Waals surface area (Å²) in [5.74, 6) is 0.353. The van der Waals surface area contributed by atoms with E-state index in [1.54, 1.807) is 4.90 Å². The maximum Gasteiger partial charge on any atom is 0.237 e. The number of amides is 1. The highest BCUT2D eigenvalue weighted by Gasteiger charge is 2.37. The average Bonchev–Trinajstić information content (AvgIpc) is 2.74. The summed E-state index contributed by atoms with van der Waals surface area (Å²) in [4.78, 5) is 16.5. The van der Waals surface area contributed by atoms with Gasteiger partial charge in [-0.2, -0.15) is 0 Å². The van der Waals surface area contributed by atoms with Crippen LogP contribution in [0.15, 0.2) is 0 Å². The molecule has 2 aliphatic rings. The first-order chi connectivity index (χ1) is 10.1. The van der Waals surface area contributed by atoms with Crippen molar-refractivity contribution < 1.29 is 13.2 Å². The van der Waals surface area contributed by atoms with Gasteiger partial charge in [0.15, 0.2) is 9.84 Å². The van der Waals surface area contributed by atoms with E-state index in [0.717, 1.165) is 19.5 Å². The van der Waals surface area contributed by atoms with Crippen LogP contribution in [0.5, 0.6) is 0 Å². The molecule has 7 heteroatoms. The molecule has 2 aliphatic heterocycles. The first-order valence-electron chi connectivity index (χ1n) is 8.12. The number of nitrogens with two attached hydrogens (primary N) is 1. The smallest absolute Gasteiger partial charge is 0.237 e. The van der Waals surface area contributed by atoms with Gasteiger partial charge in [0.2, 0.25) is 5.91 Å². The summed E-state index contributed by atoms with van der Waals surface area (Å²) in [6, 6.07) is 0.0173. The van der Waals surface area contributed by atoms with Gasteiger partial charge in [0.1, 0.15) is 0 Å². The summed E-state index contributed by atoms with van der Waals surface area (Å²) in [5, 5.41) is 0. The molecule has 2 rings (SSSR count). The molecule has 22 heavy (non-hydrogen) atoms. The molecule has 2 heterocycles. The summed E-state index contributed by atoms with van der Waals surface area (Å²) in [7, 11) is -2.97. The van der Waals surface area contributed by atoms with Crippen LogP contribution in [-0.4, -0.2) is 73.9 Å². The Balaban J connectivity index is 1.96. The molecule has 6 nitrogen and oxygen atoms in total. The summed E-state index contributed by atoms with van der Waals surface area (Å²) in [6.45, 7) is 8.75. The van der Waals surface area contributed by atoms with E-state index in [9.17, 15) is 13.2 Å².